The van der Waals surface area contributed by atoms with E-state index < -0.39 is 44.3 Å². The van der Waals surface area contributed by atoms with Crippen LogP contribution >= 0.6 is 11.6 Å². The van der Waals surface area contributed by atoms with Crippen molar-refractivity contribution in [2.45, 2.75) is 18.1 Å². The number of rotatable bonds is 9. The lowest BCUT2D eigenvalue weighted by atomic mass is 10.1. The van der Waals surface area contributed by atoms with E-state index in [4.69, 9.17) is 16.3 Å². The van der Waals surface area contributed by atoms with Gasteiger partial charge in [-0.3, -0.25) is 4.79 Å². The molecule has 0 fully saturated rings. The molecule has 0 bridgehead atoms. The average Bonchev–Trinajstić information content (AvgIpc) is 2.81. The van der Waals surface area contributed by atoms with Crippen LogP contribution in [-0.4, -0.2) is 39.4 Å². The highest BCUT2D eigenvalue weighted by atomic mass is 35.5. The molecule has 0 aliphatic heterocycles. The van der Waals surface area contributed by atoms with Crippen molar-refractivity contribution in [1.29, 1.82) is 0 Å². The van der Waals surface area contributed by atoms with E-state index in [-0.39, 0.29) is 34.1 Å². The molecule has 0 aliphatic rings. The Hall–Kier alpha value is -3.26. The summed E-state index contributed by atoms with van der Waals surface area (Å²) in [7, 11) is -2.35. The number of alkyl halides is 3. The molecule has 14 heteroatoms. The summed E-state index contributed by atoms with van der Waals surface area (Å²) in [6.45, 7) is 1.92. The molecule has 0 saturated heterocycles. The van der Waals surface area contributed by atoms with Crippen LogP contribution in [0, 0.1) is 12.7 Å². The third kappa shape index (κ3) is 7.16. The van der Waals surface area contributed by atoms with Gasteiger partial charge in [-0.2, -0.15) is 13.2 Å². The lowest BCUT2D eigenvalue weighted by Gasteiger charge is -2.17. The minimum absolute atomic E-state index is 0.00563. The number of carbonyl (C=O) groups excluding carboxylic acids is 1. The molecular formula is C23H21ClF4N4O4S. The van der Waals surface area contributed by atoms with Crippen molar-refractivity contribution in [3.05, 3.63) is 76.2 Å². The summed E-state index contributed by atoms with van der Waals surface area (Å²) in [5, 5.41) is 4.05. The Labute approximate surface area is 215 Å². The standard InChI is InChI=1S/C23H21ClF4N4O4S/c1-13-9-14(25)3-4-19(13)36-20-12-17(23(26,27)28)18(24)11-16(20)22(33)32-15-5-6-30-21(10-15)37(34,35)31-8-7-29-2/h3-6,9-12,29,31H,7-8H2,1-2H3,(H,30,32,33). The van der Waals surface area contributed by atoms with Crippen LogP contribution in [0.5, 0.6) is 11.5 Å². The Morgan fingerprint density at radius 1 is 1.08 bits per heavy atom. The second-order valence-corrected chi connectivity index (χ2v) is 9.80. The first-order valence-electron chi connectivity index (χ1n) is 10.6. The Kier molecular flexibility index (Phi) is 8.74. The Morgan fingerprint density at radius 3 is 2.46 bits per heavy atom. The van der Waals surface area contributed by atoms with Crippen LogP contribution in [0.3, 0.4) is 0 Å². The van der Waals surface area contributed by atoms with Gasteiger partial charge in [0.25, 0.3) is 15.9 Å². The molecule has 1 aromatic heterocycles. The van der Waals surface area contributed by atoms with E-state index in [1.54, 1.807) is 7.05 Å². The van der Waals surface area contributed by atoms with Crippen molar-refractivity contribution in [3.63, 3.8) is 0 Å². The zero-order valence-electron chi connectivity index (χ0n) is 19.4. The van der Waals surface area contributed by atoms with Crippen LogP contribution in [0.4, 0.5) is 23.2 Å². The molecule has 3 aromatic rings. The second-order valence-electron chi connectivity index (χ2n) is 7.68. The summed E-state index contributed by atoms with van der Waals surface area (Å²) in [5.74, 6) is -2.02. The average molecular weight is 561 g/mol. The van der Waals surface area contributed by atoms with Gasteiger partial charge in [0.15, 0.2) is 5.03 Å². The largest absolute Gasteiger partial charge is 0.456 e. The number of amides is 1. The van der Waals surface area contributed by atoms with E-state index in [1.807, 2.05) is 0 Å². The predicted octanol–water partition coefficient (Wildman–Crippen LogP) is 4.74. The summed E-state index contributed by atoms with van der Waals surface area (Å²) >= 11 is 5.83. The Bertz CT molecular complexity index is 1420. The number of ether oxygens (including phenoxy) is 1. The molecule has 0 radical (unpaired) electrons. The number of benzene rings is 2. The van der Waals surface area contributed by atoms with Gasteiger partial charge in [0.1, 0.15) is 17.3 Å². The molecule has 0 aliphatic carbocycles. The van der Waals surface area contributed by atoms with E-state index in [0.717, 1.165) is 30.5 Å². The number of carbonyl (C=O) groups is 1. The molecule has 198 valence electrons. The lowest BCUT2D eigenvalue weighted by molar-refractivity contribution is -0.137. The number of sulfonamides is 1. The fourth-order valence-electron chi connectivity index (χ4n) is 3.10. The van der Waals surface area contributed by atoms with E-state index in [1.165, 1.54) is 19.1 Å². The highest BCUT2D eigenvalue weighted by Crippen LogP contribution is 2.40. The Morgan fingerprint density at radius 2 is 1.81 bits per heavy atom. The number of pyridine rings is 1. The van der Waals surface area contributed by atoms with Crippen LogP contribution in [0.25, 0.3) is 0 Å². The quantitative estimate of drug-likeness (QED) is 0.258. The van der Waals surface area contributed by atoms with Crippen molar-refractivity contribution in [3.8, 4) is 11.5 Å². The smallest absolute Gasteiger partial charge is 0.417 e. The maximum atomic E-state index is 13.5. The second kappa shape index (κ2) is 11.4. The minimum Gasteiger partial charge on any atom is -0.456 e. The summed E-state index contributed by atoms with van der Waals surface area (Å²) in [6, 6.07) is 7.08. The zero-order chi connectivity index (χ0) is 27.4. The summed E-state index contributed by atoms with van der Waals surface area (Å²) in [4.78, 5) is 16.9. The van der Waals surface area contributed by atoms with Gasteiger partial charge in [-0.25, -0.2) is 22.5 Å². The lowest BCUT2D eigenvalue weighted by Crippen LogP contribution is -2.31. The summed E-state index contributed by atoms with van der Waals surface area (Å²) < 4.78 is 86.7. The molecule has 0 spiro atoms. The van der Waals surface area contributed by atoms with Gasteiger partial charge in [-0.1, -0.05) is 11.6 Å². The van der Waals surface area contributed by atoms with Crippen LogP contribution in [0.15, 0.2) is 53.7 Å². The van der Waals surface area contributed by atoms with Crippen molar-refractivity contribution >= 4 is 33.2 Å². The van der Waals surface area contributed by atoms with Crippen LogP contribution in [0.1, 0.15) is 21.5 Å². The highest BCUT2D eigenvalue weighted by molar-refractivity contribution is 7.89. The highest BCUT2D eigenvalue weighted by Gasteiger charge is 2.35. The first-order valence-corrected chi connectivity index (χ1v) is 12.4. The zero-order valence-corrected chi connectivity index (χ0v) is 21.0. The monoisotopic (exact) mass is 560 g/mol. The maximum absolute atomic E-state index is 13.5. The molecule has 37 heavy (non-hydrogen) atoms. The molecule has 3 rings (SSSR count). The number of likely N-dealkylation sites (N-methyl/N-ethyl adjacent to an activating group) is 1. The first-order chi connectivity index (χ1) is 17.3. The third-order valence-electron chi connectivity index (χ3n) is 4.91. The predicted molar refractivity (Wildman–Crippen MR) is 129 cm³/mol. The maximum Gasteiger partial charge on any atom is 0.417 e. The van der Waals surface area contributed by atoms with Gasteiger partial charge in [0.05, 0.1) is 16.1 Å². The number of aromatic nitrogens is 1. The third-order valence-corrected chi connectivity index (χ3v) is 6.58. The minimum atomic E-state index is -4.85. The molecule has 0 unspecified atom stereocenters. The molecule has 1 heterocycles. The van der Waals surface area contributed by atoms with E-state index in [0.29, 0.717) is 12.6 Å². The molecule has 2 aromatic carbocycles. The fourth-order valence-corrected chi connectivity index (χ4v) is 4.37. The van der Waals surface area contributed by atoms with Gasteiger partial charge < -0.3 is 15.4 Å². The van der Waals surface area contributed by atoms with Crippen molar-refractivity contribution in [2.75, 3.05) is 25.5 Å². The number of halogens is 5. The SMILES string of the molecule is CNCCNS(=O)(=O)c1cc(NC(=O)c2cc(Cl)c(C(F)(F)F)cc2Oc2ccc(F)cc2C)ccn1. The first kappa shape index (κ1) is 28.3. The van der Waals surface area contributed by atoms with Crippen molar-refractivity contribution < 1.29 is 35.5 Å². The van der Waals surface area contributed by atoms with E-state index >= 15 is 0 Å². The molecule has 0 atom stereocenters. The summed E-state index contributed by atoms with van der Waals surface area (Å²) in [6.07, 6.45) is -3.71. The number of hydrogen-bond acceptors (Lipinski definition) is 6. The van der Waals surface area contributed by atoms with Crippen LogP contribution in [-0.2, 0) is 16.2 Å². The summed E-state index contributed by atoms with van der Waals surface area (Å²) in [5.41, 5.74) is -1.36. The van der Waals surface area contributed by atoms with Gasteiger partial charge in [0.2, 0.25) is 0 Å². The number of nitrogens with zero attached hydrogens (tertiary/aromatic N) is 1. The number of nitrogens with one attached hydrogen (secondary N) is 3. The van der Waals surface area contributed by atoms with Crippen molar-refractivity contribution in [2.24, 2.45) is 0 Å². The van der Waals surface area contributed by atoms with Crippen molar-refractivity contribution in [1.82, 2.24) is 15.0 Å². The fraction of sp³-hybridized carbons (Fsp3) is 0.217. The number of hydrogen-bond donors (Lipinski definition) is 3. The Balaban J connectivity index is 1.97. The molecular weight excluding hydrogens is 540 g/mol. The number of anilines is 1. The van der Waals surface area contributed by atoms with Gasteiger partial charge >= 0.3 is 6.18 Å². The van der Waals surface area contributed by atoms with Gasteiger partial charge in [-0.15, -0.1) is 0 Å². The molecule has 1 amide bonds. The molecule has 8 nitrogen and oxygen atoms in total. The van der Waals surface area contributed by atoms with Crippen LogP contribution in [0.2, 0.25) is 5.02 Å². The van der Waals surface area contributed by atoms with E-state index in [9.17, 15) is 30.8 Å². The van der Waals surface area contributed by atoms with Crippen LogP contribution < -0.4 is 20.1 Å². The van der Waals surface area contributed by atoms with E-state index in [2.05, 4.69) is 20.3 Å². The normalized spacial score (nSPS) is 11.9. The number of aryl methyl sites for hydroxylation is 1. The topological polar surface area (TPSA) is 109 Å². The molecule has 0 saturated carbocycles. The van der Waals surface area contributed by atoms with Gasteiger partial charge in [0, 0.05) is 31.0 Å². The molecule has 3 N–H and O–H groups in total. The van der Waals surface area contributed by atoms with Gasteiger partial charge in [-0.05, 0) is 55.9 Å².